The van der Waals surface area contributed by atoms with Gasteiger partial charge in [-0.05, 0) is 80.6 Å². The van der Waals surface area contributed by atoms with Gasteiger partial charge < -0.3 is 11.1 Å². The van der Waals surface area contributed by atoms with E-state index in [0.29, 0.717) is 12.8 Å². The highest BCUT2D eigenvalue weighted by Gasteiger charge is 2.03. The Labute approximate surface area is 433 Å². The lowest BCUT2D eigenvalue weighted by Crippen LogP contribution is -2.11. The van der Waals surface area contributed by atoms with Crippen LogP contribution in [0.3, 0.4) is 0 Å². The second kappa shape index (κ2) is 53.8. The number of nitrogens with two attached hydrogens (primary N) is 1. The van der Waals surface area contributed by atoms with Crippen LogP contribution in [0.4, 0.5) is 11.4 Å². The average Bonchev–Trinajstić information content (AvgIpc) is 3.22. The minimum Gasteiger partial charge on any atom is -0.399 e. The molecule has 0 bridgehead atoms. The number of hydrogen-bond donors (Lipinski definition) is 2. The fourth-order valence-electron chi connectivity index (χ4n) is 4.44. The number of halogens is 3. The van der Waals surface area contributed by atoms with Gasteiger partial charge in [0, 0.05) is 192 Å². The highest BCUT2D eigenvalue weighted by molar-refractivity contribution is 9.10. The highest BCUT2D eigenvalue weighted by atomic mass is 79.9. The molecule has 0 aliphatic heterocycles. The third kappa shape index (κ3) is 54.6. The van der Waals surface area contributed by atoms with E-state index in [4.69, 9.17) is 39.7 Å². The normalized spacial score (nSPS) is 9.42. The summed E-state index contributed by atoms with van der Waals surface area (Å²) in [6.07, 6.45) is 27.5. The molecule has 6 nitrogen and oxygen atoms in total. The van der Waals surface area contributed by atoms with Crippen LogP contribution in [0.15, 0.2) is 45.9 Å². The number of nitrogen functional groups attached to an aromatic ring is 1. The van der Waals surface area contributed by atoms with Gasteiger partial charge in [0.05, 0.1) is 0 Å². The number of amides is 1. The predicted octanol–water partition coefficient (Wildman–Crippen LogP) is 11.8. The van der Waals surface area contributed by atoms with Crippen molar-refractivity contribution in [2.75, 3.05) is 11.1 Å². The molecule has 2 aromatic heterocycles. The fourth-order valence-corrected chi connectivity index (χ4v) is 41.0. The molecule has 2 aromatic rings. The molecule has 2 rings (SSSR count). The van der Waals surface area contributed by atoms with Crippen molar-refractivity contribution >= 4 is 222 Å². The van der Waals surface area contributed by atoms with E-state index < -0.39 is 0 Å². The molecule has 60 heavy (non-hydrogen) atoms. The summed E-state index contributed by atoms with van der Waals surface area (Å²) in [7, 11) is 25.4. The zero-order valence-corrected chi connectivity index (χ0v) is 51.3. The van der Waals surface area contributed by atoms with Crippen LogP contribution in [0, 0.1) is 0 Å². The fraction of sp³-hybridized carbons (Fsp3) is 0.647. The van der Waals surface area contributed by atoms with Crippen molar-refractivity contribution in [3.05, 3.63) is 45.9 Å². The Morgan fingerprint density at radius 1 is 0.567 bits per heavy atom. The second-order valence-corrected chi connectivity index (χ2v) is 40.4. The van der Waals surface area contributed by atoms with Gasteiger partial charge in [-0.2, -0.15) is 0 Å². The lowest BCUT2D eigenvalue weighted by molar-refractivity contribution is -0.116. The minimum atomic E-state index is -0.187. The minimum absolute atomic E-state index is 0.0936. The molecule has 26 heteroatoms. The summed E-state index contributed by atoms with van der Waals surface area (Å²) in [4.78, 5) is 30.1. The highest BCUT2D eigenvalue weighted by Crippen LogP contribution is 2.15. The molecular weight excluding hydrogens is 1240 g/mol. The third-order valence-corrected chi connectivity index (χ3v) is 39.3. The van der Waals surface area contributed by atoms with E-state index in [0.717, 1.165) is 46.3 Å². The molecule has 0 atom stereocenters. The number of nitrogens with zero attached hydrogens (tertiary/aromatic N) is 2. The van der Waals surface area contributed by atoms with Gasteiger partial charge in [0.2, 0.25) is 11.1 Å². The number of carbonyl (C=O) groups is 2. The second-order valence-electron chi connectivity index (χ2n) is 11.9. The SMILES string of the molecule is CCCCCCCCCCCC(=O)Cl.CCCCCCCCCCCC(=O)Nc1ccnc(Br)c1.Nc1ccnc(Br)c1.S=S=S=S=S=S=S=S=S=S=S=S=S=S=S=S=S. The van der Waals surface area contributed by atoms with Gasteiger partial charge >= 0.3 is 0 Å². The summed E-state index contributed by atoms with van der Waals surface area (Å²) in [6, 6.07) is 7.11. The summed E-state index contributed by atoms with van der Waals surface area (Å²) in [5.74, 6) is 0.0936. The molecule has 2 heterocycles. The number of unbranched alkanes of at least 4 members (excludes halogenated alkanes) is 16. The van der Waals surface area contributed by atoms with E-state index >= 15 is 0 Å². The number of hydrogen-bond acceptors (Lipinski definition) is 7. The van der Waals surface area contributed by atoms with E-state index in [2.05, 4.69) is 61.0 Å². The summed E-state index contributed by atoms with van der Waals surface area (Å²) < 4.78 is 1.51. The van der Waals surface area contributed by atoms with Gasteiger partial charge in [-0.1, -0.05) is 117 Å². The maximum atomic E-state index is 11.8. The van der Waals surface area contributed by atoms with Gasteiger partial charge in [-0.3, -0.25) is 9.59 Å². The molecule has 3 N–H and O–H groups in total. The summed E-state index contributed by atoms with van der Waals surface area (Å²) in [5, 5.41) is 2.71. The maximum absolute atomic E-state index is 11.8. The monoisotopic (exact) mass is 1290 g/mol. The van der Waals surface area contributed by atoms with Gasteiger partial charge in [0.25, 0.3) is 0 Å². The number of aromatic nitrogens is 2. The first kappa shape index (κ1) is 64.3. The largest absolute Gasteiger partial charge is 0.399 e. The van der Waals surface area contributed by atoms with E-state index in [9.17, 15) is 9.59 Å². The van der Waals surface area contributed by atoms with Crippen LogP contribution in [0.25, 0.3) is 0 Å². The molecule has 0 aliphatic rings. The smallest absolute Gasteiger partial charge is 0.224 e. The lowest BCUT2D eigenvalue weighted by atomic mass is 10.1. The number of nitrogens with one attached hydrogen (secondary N) is 1. The zero-order valence-electron chi connectivity index (χ0n) is 33.5. The molecule has 1 amide bonds. The van der Waals surface area contributed by atoms with Crippen LogP contribution >= 0.6 is 43.5 Å². The standard InChI is InChI=1S/C17H27BrN2O.C12H23ClO.C5H5BrN2.S17/c1-2-3-4-5-6-7-8-9-10-11-17(21)20-15-12-13-19-16(18)14-15;1-2-3-4-5-6-7-8-9-10-11-12(13)14;6-5-3-4(7)1-2-8-5;1-3-5-7-9-11-13-15-17-16-14-12-10-8-6-4-2/h12-14H,2-11H2,1H3,(H,19,20,21);2-11H2,1H3;1-3H,(H2,7,8);. The van der Waals surface area contributed by atoms with Gasteiger partial charge in [-0.25, -0.2) is 9.97 Å². The van der Waals surface area contributed by atoms with Gasteiger partial charge in [0.15, 0.2) is 0 Å². The van der Waals surface area contributed by atoms with Crippen LogP contribution in [0.2, 0.25) is 0 Å². The predicted molar refractivity (Wildman–Crippen MR) is 317 cm³/mol. The van der Waals surface area contributed by atoms with Crippen LogP contribution in [-0.4, -0.2) is 21.1 Å². The molecule has 0 aromatic carbocycles. The maximum Gasteiger partial charge on any atom is 0.224 e. The Bertz CT molecular complexity index is 2060. The molecule has 0 spiro atoms. The molecule has 0 unspecified atom stereocenters. The van der Waals surface area contributed by atoms with Crippen LogP contribution in [-0.2, 0) is 165 Å². The Balaban J connectivity index is 0. The summed E-state index contributed by atoms with van der Waals surface area (Å²) in [6.45, 7) is 4.48. The van der Waals surface area contributed by atoms with Crippen LogP contribution < -0.4 is 11.1 Å². The Morgan fingerprint density at radius 2 is 0.917 bits per heavy atom. The summed E-state index contributed by atoms with van der Waals surface area (Å²) in [5.41, 5.74) is 6.92. The van der Waals surface area contributed by atoms with Crippen molar-refractivity contribution < 1.29 is 9.59 Å². The Morgan fingerprint density at radius 3 is 1.25 bits per heavy atom. The van der Waals surface area contributed by atoms with Crippen molar-refractivity contribution in [1.82, 2.24) is 9.97 Å². The van der Waals surface area contributed by atoms with Crippen molar-refractivity contribution in [3.63, 3.8) is 0 Å². The van der Waals surface area contributed by atoms with Crippen LogP contribution in [0.1, 0.15) is 142 Å². The van der Waals surface area contributed by atoms with E-state index in [-0.39, 0.29) is 11.1 Å². The van der Waals surface area contributed by atoms with Crippen LogP contribution in [0.5, 0.6) is 0 Å². The molecular formula is C34H55Br2ClN4O2S17. The van der Waals surface area contributed by atoms with E-state index in [1.807, 2.05) is 6.07 Å². The first-order valence-corrected chi connectivity index (χ1v) is 42.2. The zero-order chi connectivity index (χ0) is 44.6. The Hall–Kier alpha value is 2.23. The molecule has 0 aliphatic carbocycles. The topological polar surface area (TPSA) is 98.0 Å². The van der Waals surface area contributed by atoms with Crippen molar-refractivity contribution in [1.29, 1.82) is 0 Å². The van der Waals surface area contributed by atoms with Gasteiger partial charge in [0.1, 0.15) is 9.21 Å². The number of carbonyl (C=O) groups excluding carboxylic acids is 2. The Kier molecular flexibility index (Phi) is 57.7. The van der Waals surface area contributed by atoms with Gasteiger partial charge in [-0.15, -0.1) is 0 Å². The molecule has 0 radical (unpaired) electrons. The number of rotatable bonds is 21. The average molecular weight is 1290 g/mol. The van der Waals surface area contributed by atoms with Crippen molar-refractivity contribution in [2.45, 2.75) is 142 Å². The van der Waals surface area contributed by atoms with Crippen molar-refractivity contribution in [3.8, 4) is 0 Å². The molecule has 0 fully saturated rings. The molecule has 0 saturated heterocycles. The molecule has 0 saturated carbocycles. The molecule has 346 valence electrons. The van der Waals surface area contributed by atoms with E-state index in [1.165, 1.54) is 108 Å². The first-order valence-electron chi connectivity index (χ1n) is 18.9. The first-order chi connectivity index (χ1) is 29.2. The number of anilines is 2. The van der Waals surface area contributed by atoms with E-state index in [1.54, 1.807) is 146 Å². The summed E-state index contributed by atoms with van der Waals surface area (Å²) >= 11 is 21.2. The van der Waals surface area contributed by atoms with Crippen molar-refractivity contribution in [2.24, 2.45) is 0 Å². The number of pyridine rings is 2. The quantitative estimate of drug-likeness (QED) is 0.0730. The lowest BCUT2D eigenvalue weighted by Gasteiger charge is -2.05. The third-order valence-electron chi connectivity index (χ3n) is 7.13.